The van der Waals surface area contributed by atoms with Crippen LogP contribution in [0.5, 0.6) is 0 Å². The number of rotatable bonds is 4. The number of hydrogen-bond donors (Lipinski definition) is 0. The smallest absolute Gasteiger partial charge is 0.306 e. The number of alkyl halides is 6. The fourth-order valence-electron chi connectivity index (χ4n) is 12.5. The second-order valence-electron chi connectivity index (χ2n) is 19.6. The Morgan fingerprint density at radius 2 is 0.590 bits per heavy atom. The molecule has 0 aliphatic carbocycles. The van der Waals surface area contributed by atoms with Gasteiger partial charge in [0.1, 0.15) is 23.3 Å². The van der Waals surface area contributed by atoms with E-state index < -0.39 is 23.5 Å². The van der Waals surface area contributed by atoms with Crippen molar-refractivity contribution in [1.29, 1.82) is 10.5 Å². The molecule has 0 atom stereocenters. The maximum atomic E-state index is 15.3. The topological polar surface area (TPSA) is 67.3 Å². The van der Waals surface area contributed by atoms with E-state index in [2.05, 4.69) is 12.1 Å². The molecule has 0 radical (unpaired) electrons. The van der Waals surface area contributed by atoms with Gasteiger partial charge in [-0.1, -0.05) is 158 Å². The number of nitrogens with zero attached hydrogens (tertiary/aromatic N) is 6. The summed E-state index contributed by atoms with van der Waals surface area (Å²) in [7, 11) is 0. The molecule has 15 rings (SSSR count). The summed E-state index contributed by atoms with van der Waals surface area (Å²) < 4.78 is 98.7. The van der Waals surface area contributed by atoms with Gasteiger partial charge in [-0.25, -0.2) is 0 Å². The van der Waals surface area contributed by atoms with E-state index in [9.17, 15) is 10.5 Å². The molecule has 0 aliphatic rings. The molecule has 0 amide bonds. The maximum absolute atomic E-state index is 15.3. The molecule has 0 saturated carbocycles. The van der Waals surface area contributed by atoms with Gasteiger partial charge in [-0.05, 0) is 59.3 Å². The van der Waals surface area contributed by atoms with Crippen LogP contribution in [0.25, 0.3) is 132 Å². The zero-order valence-corrected chi connectivity index (χ0v) is 40.6. The summed E-state index contributed by atoms with van der Waals surface area (Å²) in [5, 5.41) is 33.5. The van der Waals surface area contributed by atoms with Crippen molar-refractivity contribution < 1.29 is 26.3 Å². The van der Waals surface area contributed by atoms with Gasteiger partial charge in [-0.3, -0.25) is 0 Å². The van der Waals surface area contributed by atoms with Crippen LogP contribution in [0.4, 0.5) is 26.3 Å². The third kappa shape index (κ3) is 6.14. The highest BCUT2D eigenvalue weighted by Crippen LogP contribution is 2.51. The van der Waals surface area contributed by atoms with Crippen molar-refractivity contribution in [2.45, 2.75) is 12.4 Å². The Kier molecular flexibility index (Phi) is 9.32. The summed E-state index contributed by atoms with van der Waals surface area (Å²) in [6.45, 7) is 0. The lowest BCUT2D eigenvalue weighted by Crippen LogP contribution is -2.17. The Hall–Kier alpha value is -10.3. The first kappa shape index (κ1) is 45.1. The number of fused-ring (bicyclic) bond motifs is 16. The summed E-state index contributed by atoms with van der Waals surface area (Å²) in [5.74, 6) is 0. The van der Waals surface area contributed by atoms with E-state index in [-0.39, 0.29) is 44.9 Å². The lowest BCUT2D eigenvalue weighted by molar-refractivity contribution is -0.138. The van der Waals surface area contributed by atoms with Gasteiger partial charge < -0.3 is 18.3 Å². The standard InChI is InChI=1S/C66H34F6N6/c67-65(68,69)39-27-31-47-43-17-5-9-21-53(43)75(57(47)33-39)61-51(35-73)62(77-55-23-11-7-19-45(55)49-29-25-37-13-1-3-15-41(37)59(49)77)64(76-54-22-10-6-18-44(54)48-32-28-40(34-58(48)76)66(70,71)72)63(52(61)36-74)78-56-24-12-8-20-46(56)50-30-26-38-14-2-4-16-42(38)60(50)78/h1-34H. The molecule has 11 aromatic carbocycles. The predicted octanol–water partition coefficient (Wildman–Crippen LogP) is 18.2. The van der Waals surface area contributed by atoms with E-state index in [1.807, 2.05) is 149 Å². The van der Waals surface area contributed by atoms with E-state index in [0.717, 1.165) is 67.4 Å². The minimum atomic E-state index is -4.79. The predicted molar refractivity (Wildman–Crippen MR) is 298 cm³/mol. The summed E-state index contributed by atoms with van der Waals surface area (Å²) >= 11 is 0. The van der Waals surface area contributed by atoms with E-state index in [4.69, 9.17) is 0 Å². The first-order chi connectivity index (χ1) is 37.9. The molecule has 12 heteroatoms. The first-order valence-corrected chi connectivity index (χ1v) is 25.0. The second-order valence-corrected chi connectivity index (χ2v) is 19.6. The molecule has 0 bridgehead atoms. The molecule has 15 aromatic rings. The highest BCUT2D eigenvalue weighted by molar-refractivity contribution is 6.22. The van der Waals surface area contributed by atoms with Crippen molar-refractivity contribution in [3.8, 4) is 34.9 Å². The molecular weight excluding hydrogens is 991 g/mol. The average molecular weight is 1030 g/mol. The van der Waals surface area contributed by atoms with Crippen LogP contribution >= 0.6 is 0 Å². The van der Waals surface area contributed by atoms with Crippen LogP contribution in [-0.4, -0.2) is 18.3 Å². The van der Waals surface area contributed by atoms with E-state index >= 15 is 26.3 Å². The number of para-hydroxylation sites is 4. The largest absolute Gasteiger partial charge is 0.416 e. The zero-order chi connectivity index (χ0) is 52.9. The second kappa shape index (κ2) is 16.1. The van der Waals surface area contributed by atoms with Gasteiger partial charge in [0.2, 0.25) is 0 Å². The number of halogens is 6. The Morgan fingerprint density at radius 1 is 0.282 bits per heavy atom. The fourth-order valence-corrected chi connectivity index (χ4v) is 12.5. The molecule has 0 saturated heterocycles. The molecule has 0 aliphatic heterocycles. The van der Waals surface area contributed by atoms with Gasteiger partial charge in [0.15, 0.2) is 0 Å². The molecule has 0 fully saturated rings. The first-order valence-electron chi connectivity index (χ1n) is 25.0. The van der Waals surface area contributed by atoms with Crippen molar-refractivity contribution in [3.63, 3.8) is 0 Å². The normalized spacial score (nSPS) is 12.5. The van der Waals surface area contributed by atoms with Gasteiger partial charge in [-0.15, -0.1) is 0 Å². The van der Waals surface area contributed by atoms with Gasteiger partial charge in [-0.2, -0.15) is 36.9 Å². The van der Waals surface area contributed by atoms with E-state index in [1.165, 1.54) is 12.1 Å². The summed E-state index contributed by atoms with van der Waals surface area (Å²) in [6.07, 6.45) is -9.57. The molecule has 6 nitrogen and oxygen atoms in total. The molecular formula is C66H34F6N6. The van der Waals surface area contributed by atoms with E-state index in [0.29, 0.717) is 54.6 Å². The average Bonchev–Trinajstić information content (AvgIpc) is 3.99. The van der Waals surface area contributed by atoms with Crippen LogP contribution in [0.2, 0.25) is 0 Å². The third-order valence-corrected chi connectivity index (χ3v) is 15.6. The number of hydrogen-bond acceptors (Lipinski definition) is 2. The van der Waals surface area contributed by atoms with Crippen LogP contribution in [0.15, 0.2) is 206 Å². The highest BCUT2D eigenvalue weighted by atomic mass is 19.4. The van der Waals surface area contributed by atoms with Crippen molar-refractivity contribution in [2.75, 3.05) is 0 Å². The highest BCUT2D eigenvalue weighted by Gasteiger charge is 2.37. The van der Waals surface area contributed by atoms with Gasteiger partial charge >= 0.3 is 12.4 Å². The van der Waals surface area contributed by atoms with Gasteiger partial charge in [0.25, 0.3) is 0 Å². The van der Waals surface area contributed by atoms with Gasteiger partial charge in [0, 0.05) is 53.9 Å². The molecule has 0 spiro atoms. The van der Waals surface area contributed by atoms with Crippen LogP contribution in [-0.2, 0) is 12.4 Å². The molecule has 4 aromatic heterocycles. The summed E-state index contributed by atoms with van der Waals surface area (Å²) in [6, 6.07) is 65.6. The Morgan fingerprint density at radius 3 is 0.974 bits per heavy atom. The van der Waals surface area contributed by atoms with Crippen molar-refractivity contribution in [2.24, 2.45) is 0 Å². The molecule has 370 valence electrons. The Labute approximate surface area is 437 Å². The molecule has 0 N–H and O–H groups in total. The van der Waals surface area contributed by atoms with Crippen LogP contribution in [0, 0.1) is 22.7 Å². The SMILES string of the molecule is N#Cc1c(-n2c3ccccc3c3ccc(C(F)(F)F)cc32)c(C#N)c(-n2c3ccccc3c3ccc4ccccc4c32)c(-n2c3ccccc3c3ccc(C(F)(F)F)cc32)c1-n1c2ccccc2c2ccc3ccccc3c21. The fraction of sp³-hybridized carbons (Fsp3) is 0.0303. The maximum Gasteiger partial charge on any atom is 0.416 e. The number of aromatic nitrogens is 4. The molecule has 78 heavy (non-hydrogen) atoms. The number of nitriles is 2. The molecule has 4 heterocycles. The lowest BCUT2D eigenvalue weighted by Gasteiger charge is -2.27. The summed E-state index contributed by atoms with van der Waals surface area (Å²) in [5.41, 5.74) is 2.05. The lowest BCUT2D eigenvalue weighted by atomic mass is 9.98. The van der Waals surface area contributed by atoms with Crippen LogP contribution in [0.3, 0.4) is 0 Å². The van der Waals surface area contributed by atoms with Gasteiger partial charge in [0.05, 0.1) is 78.0 Å². The quantitative estimate of drug-likeness (QED) is 0.165. The van der Waals surface area contributed by atoms with Crippen LogP contribution in [0.1, 0.15) is 22.3 Å². The molecule has 0 unspecified atom stereocenters. The van der Waals surface area contributed by atoms with Crippen molar-refractivity contribution in [1.82, 2.24) is 18.3 Å². The van der Waals surface area contributed by atoms with E-state index in [1.54, 1.807) is 39.5 Å². The monoisotopic (exact) mass is 1020 g/mol. The van der Waals surface area contributed by atoms with Crippen molar-refractivity contribution >= 4 is 109 Å². The number of benzene rings is 11. The zero-order valence-electron chi connectivity index (χ0n) is 40.6. The van der Waals surface area contributed by atoms with Crippen LogP contribution < -0.4 is 0 Å². The van der Waals surface area contributed by atoms with Crippen molar-refractivity contribution in [3.05, 3.63) is 229 Å². The minimum Gasteiger partial charge on any atom is -0.306 e. The minimum absolute atomic E-state index is 0.0200. The Bertz CT molecular complexity index is 5030. The Balaban J connectivity index is 1.32. The summed E-state index contributed by atoms with van der Waals surface area (Å²) in [4.78, 5) is 0. The third-order valence-electron chi connectivity index (χ3n) is 15.6.